The van der Waals surface area contributed by atoms with Gasteiger partial charge in [-0.1, -0.05) is 13.0 Å². The lowest BCUT2D eigenvalue weighted by atomic mass is 10.2. The Bertz CT molecular complexity index is 301. The van der Waals surface area contributed by atoms with Crippen LogP contribution in [-0.2, 0) is 0 Å². The first kappa shape index (κ1) is 12.9. The molecule has 0 radical (unpaired) electrons. The number of ether oxygens (including phenoxy) is 1. The van der Waals surface area contributed by atoms with Crippen LogP contribution in [0.5, 0.6) is 5.75 Å². The van der Waals surface area contributed by atoms with Gasteiger partial charge in [0, 0.05) is 18.7 Å². The molecule has 90 valence electrons. The normalized spacial score (nSPS) is 12.4. The van der Waals surface area contributed by atoms with E-state index in [2.05, 4.69) is 5.32 Å². The molecule has 0 saturated heterocycles. The molecule has 0 spiro atoms. The number of nitrogens with one attached hydrogen (secondary N) is 1. The van der Waals surface area contributed by atoms with E-state index in [0.717, 1.165) is 6.54 Å². The Morgan fingerprint density at radius 2 is 2.31 bits per heavy atom. The number of hydrogen-bond donors (Lipinski definition) is 2. The number of likely N-dealkylation sites (N-methyl/N-ethyl adjacent to an activating group) is 1. The monoisotopic (exact) mass is 227 g/mol. The highest BCUT2D eigenvalue weighted by atomic mass is 19.1. The van der Waals surface area contributed by atoms with Gasteiger partial charge in [0.25, 0.3) is 0 Å². The summed E-state index contributed by atoms with van der Waals surface area (Å²) in [4.78, 5) is 0. The van der Waals surface area contributed by atoms with E-state index in [1.165, 1.54) is 12.1 Å². The number of rotatable bonds is 7. The van der Waals surface area contributed by atoms with Crippen molar-refractivity contribution in [1.29, 1.82) is 0 Å². The Hall–Kier alpha value is -1.13. The van der Waals surface area contributed by atoms with E-state index in [4.69, 9.17) is 9.84 Å². The summed E-state index contributed by atoms with van der Waals surface area (Å²) in [6, 6.07) is 6.15. The van der Waals surface area contributed by atoms with Gasteiger partial charge in [0.05, 0.1) is 0 Å². The van der Waals surface area contributed by atoms with Crippen molar-refractivity contribution in [1.82, 2.24) is 5.32 Å². The number of aliphatic hydroxyl groups excluding tert-OH is 1. The van der Waals surface area contributed by atoms with E-state index < -0.39 is 0 Å². The largest absolute Gasteiger partial charge is 0.492 e. The van der Waals surface area contributed by atoms with Gasteiger partial charge in [-0.25, -0.2) is 4.39 Å². The molecule has 4 heteroatoms. The predicted octanol–water partition coefficient (Wildman–Crippen LogP) is 1.56. The van der Waals surface area contributed by atoms with Crippen molar-refractivity contribution in [3.63, 3.8) is 0 Å². The smallest absolute Gasteiger partial charge is 0.126 e. The molecule has 1 unspecified atom stereocenters. The Morgan fingerprint density at radius 3 is 2.94 bits per heavy atom. The quantitative estimate of drug-likeness (QED) is 0.743. The van der Waals surface area contributed by atoms with E-state index in [0.29, 0.717) is 18.8 Å². The molecule has 0 amide bonds. The Morgan fingerprint density at radius 1 is 1.50 bits per heavy atom. The molecule has 1 rings (SSSR count). The molecule has 1 aromatic carbocycles. The fourth-order valence-electron chi connectivity index (χ4n) is 1.44. The second kappa shape index (κ2) is 7.19. The van der Waals surface area contributed by atoms with Crippen LogP contribution >= 0.6 is 0 Å². The number of halogens is 1. The Labute approximate surface area is 95.2 Å². The SMILES string of the molecule is CCNC(CCO)COc1cccc(F)c1. The van der Waals surface area contributed by atoms with Crippen LogP contribution in [0.4, 0.5) is 4.39 Å². The van der Waals surface area contributed by atoms with Crippen LogP contribution in [0, 0.1) is 5.82 Å². The van der Waals surface area contributed by atoms with E-state index in [-0.39, 0.29) is 18.5 Å². The van der Waals surface area contributed by atoms with Crippen molar-refractivity contribution in [2.24, 2.45) is 0 Å². The van der Waals surface area contributed by atoms with Crippen LogP contribution in [-0.4, -0.2) is 30.9 Å². The molecule has 0 aromatic heterocycles. The lowest BCUT2D eigenvalue weighted by molar-refractivity contribution is 0.214. The molecule has 2 N–H and O–H groups in total. The van der Waals surface area contributed by atoms with Crippen molar-refractivity contribution in [3.05, 3.63) is 30.1 Å². The van der Waals surface area contributed by atoms with Gasteiger partial charge in [-0.2, -0.15) is 0 Å². The second-order valence-corrected chi connectivity index (χ2v) is 3.54. The summed E-state index contributed by atoms with van der Waals surface area (Å²) >= 11 is 0. The van der Waals surface area contributed by atoms with Gasteiger partial charge in [-0.3, -0.25) is 0 Å². The van der Waals surface area contributed by atoms with Crippen molar-refractivity contribution >= 4 is 0 Å². The molecule has 0 aliphatic rings. The Kier molecular flexibility index (Phi) is 5.82. The maximum Gasteiger partial charge on any atom is 0.126 e. The summed E-state index contributed by atoms with van der Waals surface area (Å²) in [7, 11) is 0. The molecule has 0 aliphatic carbocycles. The number of benzene rings is 1. The maximum atomic E-state index is 12.9. The molecule has 0 bridgehead atoms. The fraction of sp³-hybridized carbons (Fsp3) is 0.500. The summed E-state index contributed by atoms with van der Waals surface area (Å²) in [6.07, 6.45) is 0.628. The average molecular weight is 227 g/mol. The number of aliphatic hydroxyl groups is 1. The van der Waals surface area contributed by atoms with Crippen LogP contribution in [0.15, 0.2) is 24.3 Å². The highest BCUT2D eigenvalue weighted by molar-refractivity contribution is 5.22. The molecule has 0 heterocycles. The molecule has 16 heavy (non-hydrogen) atoms. The zero-order valence-electron chi connectivity index (χ0n) is 9.45. The minimum absolute atomic E-state index is 0.0956. The van der Waals surface area contributed by atoms with E-state index in [1.807, 2.05) is 6.92 Å². The molecule has 1 aromatic rings. The third kappa shape index (κ3) is 4.59. The van der Waals surface area contributed by atoms with Crippen LogP contribution < -0.4 is 10.1 Å². The van der Waals surface area contributed by atoms with E-state index >= 15 is 0 Å². The zero-order valence-corrected chi connectivity index (χ0v) is 9.45. The zero-order chi connectivity index (χ0) is 11.8. The third-order valence-corrected chi connectivity index (χ3v) is 2.22. The number of hydrogen-bond acceptors (Lipinski definition) is 3. The lowest BCUT2D eigenvalue weighted by Gasteiger charge is -2.17. The minimum atomic E-state index is -0.306. The standard InChI is InChI=1S/C12H18FNO2/c1-2-14-11(6-7-15)9-16-12-5-3-4-10(13)8-12/h3-5,8,11,14-15H,2,6-7,9H2,1H3. The molecule has 1 atom stereocenters. The minimum Gasteiger partial charge on any atom is -0.492 e. The van der Waals surface area contributed by atoms with Gasteiger partial charge >= 0.3 is 0 Å². The fourth-order valence-corrected chi connectivity index (χ4v) is 1.44. The summed E-state index contributed by atoms with van der Waals surface area (Å²) in [6.45, 7) is 3.35. The summed E-state index contributed by atoms with van der Waals surface area (Å²) in [5, 5.41) is 12.0. The highest BCUT2D eigenvalue weighted by Gasteiger charge is 2.07. The summed E-state index contributed by atoms with van der Waals surface area (Å²) in [5.74, 6) is 0.209. The van der Waals surface area contributed by atoms with Crippen LogP contribution in [0.1, 0.15) is 13.3 Å². The van der Waals surface area contributed by atoms with E-state index in [1.54, 1.807) is 12.1 Å². The lowest BCUT2D eigenvalue weighted by Crippen LogP contribution is -2.35. The first-order valence-electron chi connectivity index (χ1n) is 5.49. The molecule has 0 saturated carbocycles. The Balaban J connectivity index is 2.41. The first-order chi connectivity index (χ1) is 7.76. The van der Waals surface area contributed by atoms with Crippen LogP contribution in [0.3, 0.4) is 0 Å². The highest BCUT2D eigenvalue weighted by Crippen LogP contribution is 2.12. The van der Waals surface area contributed by atoms with Gasteiger partial charge in [0.1, 0.15) is 18.2 Å². The predicted molar refractivity (Wildman–Crippen MR) is 61.1 cm³/mol. The third-order valence-electron chi connectivity index (χ3n) is 2.22. The molecular weight excluding hydrogens is 209 g/mol. The van der Waals surface area contributed by atoms with Gasteiger partial charge < -0.3 is 15.2 Å². The second-order valence-electron chi connectivity index (χ2n) is 3.54. The van der Waals surface area contributed by atoms with Gasteiger partial charge in [-0.05, 0) is 25.1 Å². The van der Waals surface area contributed by atoms with Gasteiger partial charge in [0.15, 0.2) is 0 Å². The first-order valence-corrected chi connectivity index (χ1v) is 5.49. The summed E-state index contributed by atoms with van der Waals surface area (Å²) < 4.78 is 18.3. The van der Waals surface area contributed by atoms with Crippen molar-refractivity contribution < 1.29 is 14.2 Å². The summed E-state index contributed by atoms with van der Waals surface area (Å²) in [5.41, 5.74) is 0. The average Bonchev–Trinajstić information content (AvgIpc) is 2.27. The molecule has 3 nitrogen and oxygen atoms in total. The van der Waals surface area contributed by atoms with Crippen LogP contribution in [0.2, 0.25) is 0 Å². The van der Waals surface area contributed by atoms with Crippen molar-refractivity contribution in [3.8, 4) is 5.75 Å². The van der Waals surface area contributed by atoms with Crippen molar-refractivity contribution in [2.75, 3.05) is 19.8 Å². The molecular formula is C12H18FNO2. The van der Waals surface area contributed by atoms with Gasteiger partial charge in [-0.15, -0.1) is 0 Å². The van der Waals surface area contributed by atoms with Gasteiger partial charge in [0.2, 0.25) is 0 Å². The molecule has 0 fully saturated rings. The van der Waals surface area contributed by atoms with Crippen LogP contribution in [0.25, 0.3) is 0 Å². The topological polar surface area (TPSA) is 41.5 Å². The van der Waals surface area contributed by atoms with E-state index in [9.17, 15) is 4.39 Å². The van der Waals surface area contributed by atoms with Crippen molar-refractivity contribution in [2.45, 2.75) is 19.4 Å². The maximum absolute atomic E-state index is 12.9. The molecule has 0 aliphatic heterocycles.